The number of carbonyl (C=O) groups is 1. The molecule has 1 amide bonds. The summed E-state index contributed by atoms with van der Waals surface area (Å²) < 4.78 is 2.24. The lowest BCUT2D eigenvalue weighted by atomic mass is 10.2. The summed E-state index contributed by atoms with van der Waals surface area (Å²) in [5.74, 6) is -0.0526. The Balaban J connectivity index is 1.87. The Hall–Kier alpha value is -1.40. The average molecular weight is 379 g/mol. The molecule has 0 radical (unpaired) electrons. The van der Waals surface area contributed by atoms with E-state index in [4.69, 9.17) is 0 Å². The van der Waals surface area contributed by atoms with Crippen molar-refractivity contribution >= 4 is 55.6 Å². The van der Waals surface area contributed by atoms with Crippen LogP contribution in [-0.2, 0) is 0 Å². The van der Waals surface area contributed by atoms with Crippen LogP contribution in [-0.4, -0.2) is 5.91 Å². The van der Waals surface area contributed by atoms with Crippen LogP contribution in [0.2, 0.25) is 0 Å². The van der Waals surface area contributed by atoms with E-state index in [9.17, 15) is 4.79 Å². The van der Waals surface area contributed by atoms with Crippen LogP contribution in [0.1, 0.15) is 9.67 Å². The zero-order valence-corrected chi connectivity index (χ0v) is 12.9. The molecular weight excluding hydrogens is 369 g/mol. The third kappa shape index (κ3) is 2.79. The van der Waals surface area contributed by atoms with Gasteiger partial charge in [0.1, 0.15) is 0 Å². The summed E-state index contributed by atoms with van der Waals surface area (Å²) in [5, 5.41) is 4.04. The van der Waals surface area contributed by atoms with Gasteiger partial charge >= 0.3 is 0 Å². The standard InChI is InChI=1S/C15H10INOS/c16-11-5-3-6-12(9-11)17-15(18)14-8-10-4-1-2-7-13(10)19-14/h1-9H,(H,17,18). The molecule has 1 aromatic heterocycles. The number of nitrogens with one attached hydrogen (secondary N) is 1. The number of amides is 1. The first-order chi connectivity index (χ1) is 9.22. The second-order valence-corrected chi connectivity index (χ2v) is 6.44. The van der Waals surface area contributed by atoms with Crippen molar-refractivity contribution in [2.24, 2.45) is 0 Å². The van der Waals surface area contributed by atoms with E-state index in [1.807, 2.05) is 54.6 Å². The van der Waals surface area contributed by atoms with Gasteiger partial charge in [0.2, 0.25) is 0 Å². The van der Waals surface area contributed by atoms with Gasteiger partial charge in [-0.15, -0.1) is 11.3 Å². The molecule has 0 saturated carbocycles. The van der Waals surface area contributed by atoms with Crippen molar-refractivity contribution in [1.82, 2.24) is 0 Å². The topological polar surface area (TPSA) is 29.1 Å². The van der Waals surface area contributed by atoms with E-state index < -0.39 is 0 Å². The van der Waals surface area contributed by atoms with Crippen LogP contribution in [0.3, 0.4) is 0 Å². The largest absolute Gasteiger partial charge is 0.321 e. The van der Waals surface area contributed by atoms with Crippen molar-refractivity contribution in [2.45, 2.75) is 0 Å². The number of hydrogen-bond acceptors (Lipinski definition) is 2. The quantitative estimate of drug-likeness (QED) is 0.640. The third-order valence-electron chi connectivity index (χ3n) is 2.73. The fourth-order valence-electron chi connectivity index (χ4n) is 1.85. The van der Waals surface area contributed by atoms with Crippen LogP contribution < -0.4 is 5.32 Å². The summed E-state index contributed by atoms with van der Waals surface area (Å²) in [6.07, 6.45) is 0. The predicted molar refractivity (Wildman–Crippen MR) is 88.9 cm³/mol. The van der Waals surface area contributed by atoms with Crippen LogP contribution in [0.25, 0.3) is 10.1 Å². The van der Waals surface area contributed by atoms with Crippen LogP contribution in [0, 0.1) is 3.57 Å². The molecule has 0 spiro atoms. The van der Waals surface area contributed by atoms with E-state index in [-0.39, 0.29) is 5.91 Å². The van der Waals surface area contributed by atoms with E-state index >= 15 is 0 Å². The normalized spacial score (nSPS) is 10.6. The maximum Gasteiger partial charge on any atom is 0.265 e. The van der Waals surface area contributed by atoms with E-state index in [0.29, 0.717) is 0 Å². The van der Waals surface area contributed by atoms with E-state index in [1.54, 1.807) is 0 Å². The van der Waals surface area contributed by atoms with Gasteiger partial charge in [-0.05, 0) is 58.3 Å². The number of rotatable bonds is 2. The molecule has 0 atom stereocenters. The van der Waals surface area contributed by atoms with Crippen LogP contribution in [0.15, 0.2) is 54.6 Å². The SMILES string of the molecule is O=C(Nc1cccc(I)c1)c1cc2ccccc2s1. The molecule has 94 valence electrons. The van der Waals surface area contributed by atoms with Gasteiger partial charge in [0.25, 0.3) is 5.91 Å². The highest BCUT2D eigenvalue weighted by Crippen LogP contribution is 2.26. The number of hydrogen-bond donors (Lipinski definition) is 1. The second-order valence-electron chi connectivity index (χ2n) is 4.11. The monoisotopic (exact) mass is 379 g/mol. The minimum absolute atomic E-state index is 0.0526. The van der Waals surface area contributed by atoms with Gasteiger partial charge in [-0.1, -0.05) is 24.3 Å². The maximum atomic E-state index is 12.2. The molecule has 1 heterocycles. The molecule has 0 aliphatic carbocycles. The summed E-state index contributed by atoms with van der Waals surface area (Å²) in [4.78, 5) is 12.9. The fraction of sp³-hybridized carbons (Fsp3) is 0. The van der Waals surface area contributed by atoms with Gasteiger partial charge in [-0.25, -0.2) is 0 Å². The summed E-state index contributed by atoms with van der Waals surface area (Å²) in [5.41, 5.74) is 0.828. The fourth-order valence-corrected chi connectivity index (χ4v) is 3.35. The summed E-state index contributed by atoms with van der Waals surface area (Å²) in [7, 11) is 0. The minimum atomic E-state index is -0.0526. The van der Waals surface area contributed by atoms with Crippen molar-refractivity contribution < 1.29 is 4.79 Å². The highest BCUT2D eigenvalue weighted by Gasteiger charge is 2.10. The number of anilines is 1. The van der Waals surface area contributed by atoms with E-state index in [1.165, 1.54) is 11.3 Å². The lowest BCUT2D eigenvalue weighted by molar-refractivity contribution is 0.103. The molecule has 0 bridgehead atoms. The van der Waals surface area contributed by atoms with E-state index in [2.05, 4.69) is 27.9 Å². The Labute approximate surface area is 128 Å². The van der Waals surface area contributed by atoms with Crippen molar-refractivity contribution in [3.63, 3.8) is 0 Å². The molecule has 3 rings (SSSR count). The number of benzene rings is 2. The Morgan fingerprint density at radius 1 is 1.05 bits per heavy atom. The number of fused-ring (bicyclic) bond motifs is 1. The molecule has 0 aliphatic rings. The van der Waals surface area contributed by atoms with Gasteiger partial charge in [0.05, 0.1) is 4.88 Å². The molecule has 2 nitrogen and oxygen atoms in total. The van der Waals surface area contributed by atoms with Crippen molar-refractivity contribution in [1.29, 1.82) is 0 Å². The lowest BCUT2D eigenvalue weighted by Gasteiger charge is -2.03. The molecule has 0 unspecified atom stereocenters. The Morgan fingerprint density at radius 2 is 1.89 bits per heavy atom. The minimum Gasteiger partial charge on any atom is -0.321 e. The summed E-state index contributed by atoms with van der Waals surface area (Å²) in [6.45, 7) is 0. The zero-order chi connectivity index (χ0) is 13.2. The number of thiophene rings is 1. The third-order valence-corrected chi connectivity index (χ3v) is 4.52. The summed E-state index contributed by atoms with van der Waals surface area (Å²) in [6, 6.07) is 17.7. The van der Waals surface area contributed by atoms with Crippen molar-refractivity contribution in [3.05, 3.63) is 63.0 Å². The van der Waals surface area contributed by atoms with Gasteiger partial charge in [0, 0.05) is 14.0 Å². The first-order valence-electron chi connectivity index (χ1n) is 5.78. The molecular formula is C15H10INOS. The second kappa shape index (κ2) is 5.30. The molecule has 1 N–H and O–H groups in total. The Bertz CT molecular complexity index is 717. The Kier molecular flexibility index (Phi) is 3.52. The first kappa shape index (κ1) is 12.6. The predicted octanol–water partition coefficient (Wildman–Crippen LogP) is 4.76. The molecule has 0 aliphatic heterocycles. The summed E-state index contributed by atoms with van der Waals surface area (Å²) >= 11 is 3.74. The molecule has 4 heteroatoms. The lowest BCUT2D eigenvalue weighted by Crippen LogP contribution is -2.09. The molecule has 3 aromatic rings. The Morgan fingerprint density at radius 3 is 2.68 bits per heavy atom. The van der Waals surface area contributed by atoms with Gasteiger partial charge < -0.3 is 5.32 Å². The highest BCUT2D eigenvalue weighted by molar-refractivity contribution is 14.1. The maximum absolute atomic E-state index is 12.2. The van der Waals surface area contributed by atoms with Gasteiger partial charge in [0.15, 0.2) is 0 Å². The first-order valence-corrected chi connectivity index (χ1v) is 7.67. The molecule has 19 heavy (non-hydrogen) atoms. The van der Waals surface area contributed by atoms with Crippen LogP contribution in [0.5, 0.6) is 0 Å². The molecule has 0 saturated heterocycles. The van der Waals surface area contributed by atoms with Gasteiger partial charge in [-0.2, -0.15) is 0 Å². The highest BCUT2D eigenvalue weighted by atomic mass is 127. The van der Waals surface area contributed by atoms with Gasteiger partial charge in [-0.3, -0.25) is 4.79 Å². The zero-order valence-electron chi connectivity index (χ0n) is 9.89. The number of halogens is 1. The van der Waals surface area contributed by atoms with Crippen LogP contribution >= 0.6 is 33.9 Å². The van der Waals surface area contributed by atoms with Crippen molar-refractivity contribution in [3.8, 4) is 0 Å². The number of carbonyl (C=O) groups excluding carboxylic acids is 1. The molecule has 2 aromatic carbocycles. The van der Waals surface area contributed by atoms with E-state index in [0.717, 1.165) is 24.2 Å². The average Bonchev–Trinajstić information content (AvgIpc) is 2.82. The smallest absolute Gasteiger partial charge is 0.265 e. The van der Waals surface area contributed by atoms with Crippen molar-refractivity contribution in [2.75, 3.05) is 5.32 Å². The van der Waals surface area contributed by atoms with Crippen LogP contribution in [0.4, 0.5) is 5.69 Å². The molecule has 0 fully saturated rings.